The maximum Gasteiger partial charge on any atom is 0.240 e. The van der Waals surface area contributed by atoms with Gasteiger partial charge in [0.05, 0.1) is 11.4 Å². The van der Waals surface area contributed by atoms with Crippen molar-refractivity contribution in [2.24, 2.45) is 0 Å². The van der Waals surface area contributed by atoms with Crippen LogP contribution in [0.3, 0.4) is 0 Å². The first-order valence-electron chi connectivity index (χ1n) is 6.07. The SMILES string of the molecule is CC(=O)c1ccc(S(=O)(=O)NCCn2cccn2)cc1. The van der Waals surface area contributed by atoms with Gasteiger partial charge in [-0.25, -0.2) is 13.1 Å². The fraction of sp³-hybridized carbons (Fsp3) is 0.231. The molecule has 0 unspecified atom stereocenters. The number of hydrogen-bond acceptors (Lipinski definition) is 4. The van der Waals surface area contributed by atoms with E-state index in [9.17, 15) is 13.2 Å². The maximum atomic E-state index is 12.0. The van der Waals surface area contributed by atoms with Gasteiger partial charge >= 0.3 is 0 Å². The summed E-state index contributed by atoms with van der Waals surface area (Å²) in [5, 5.41) is 3.98. The summed E-state index contributed by atoms with van der Waals surface area (Å²) in [4.78, 5) is 11.3. The van der Waals surface area contributed by atoms with Crippen LogP contribution in [0.4, 0.5) is 0 Å². The van der Waals surface area contributed by atoms with Crippen molar-refractivity contribution in [3.8, 4) is 0 Å². The zero-order valence-electron chi connectivity index (χ0n) is 11.0. The normalized spacial score (nSPS) is 11.4. The summed E-state index contributed by atoms with van der Waals surface area (Å²) in [5.41, 5.74) is 0.487. The molecule has 0 aliphatic heterocycles. The van der Waals surface area contributed by atoms with Crippen molar-refractivity contribution < 1.29 is 13.2 Å². The Balaban J connectivity index is 2.00. The van der Waals surface area contributed by atoms with Gasteiger partial charge in [0, 0.05) is 24.5 Å². The summed E-state index contributed by atoms with van der Waals surface area (Å²) in [7, 11) is -3.56. The number of ketones is 1. The minimum atomic E-state index is -3.56. The third-order valence-electron chi connectivity index (χ3n) is 2.76. The molecule has 1 heterocycles. The molecule has 2 rings (SSSR count). The van der Waals surface area contributed by atoms with Crippen LogP contribution >= 0.6 is 0 Å². The molecule has 20 heavy (non-hydrogen) atoms. The highest BCUT2D eigenvalue weighted by Crippen LogP contribution is 2.10. The number of carbonyl (C=O) groups excluding carboxylic acids is 1. The van der Waals surface area contributed by atoms with Crippen LogP contribution in [0.25, 0.3) is 0 Å². The lowest BCUT2D eigenvalue weighted by atomic mass is 10.2. The number of rotatable bonds is 6. The van der Waals surface area contributed by atoms with Crippen LogP contribution < -0.4 is 4.72 Å². The molecule has 0 fully saturated rings. The number of nitrogens with zero attached hydrogens (tertiary/aromatic N) is 2. The summed E-state index contributed by atoms with van der Waals surface area (Å²) in [6, 6.07) is 7.63. The molecule has 0 spiro atoms. The fourth-order valence-electron chi connectivity index (χ4n) is 1.68. The first-order chi connectivity index (χ1) is 9.49. The Morgan fingerprint density at radius 2 is 2.00 bits per heavy atom. The highest BCUT2D eigenvalue weighted by atomic mass is 32.2. The topological polar surface area (TPSA) is 81.1 Å². The zero-order chi connectivity index (χ0) is 14.6. The molecule has 106 valence electrons. The molecular formula is C13H15N3O3S. The molecule has 2 aromatic rings. The molecule has 7 heteroatoms. The van der Waals surface area contributed by atoms with Crippen LogP contribution in [-0.2, 0) is 16.6 Å². The Kier molecular flexibility index (Phi) is 4.31. The third kappa shape index (κ3) is 3.52. The molecular weight excluding hydrogens is 278 g/mol. The summed E-state index contributed by atoms with van der Waals surface area (Å²) in [6.07, 6.45) is 3.39. The minimum absolute atomic E-state index is 0.0967. The molecule has 0 atom stereocenters. The second kappa shape index (κ2) is 5.98. The van der Waals surface area contributed by atoms with Gasteiger partial charge < -0.3 is 0 Å². The number of carbonyl (C=O) groups is 1. The number of nitrogens with one attached hydrogen (secondary N) is 1. The molecule has 0 amide bonds. The van der Waals surface area contributed by atoms with E-state index in [1.165, 1.54) is 31.2 Å². The van der Waals surface area contributed by atoms with E-state index in [2.05, 4.69) is 9.82 Å². The summed E-state index contributed by atoms with van der Waals surface area (Å²) < 4.78 is 28.2. The van der Waals surface area contributed by atoms with Gasteiger partial charge in [0.15, 0.2) is 5.78 Å². The third-order valence-corrected chi connectivity index (χ3v) is 4.24. The molecule has 0 aliphatic rings. The molecule has 6 nitrogen and oxygen atoms in total. The van der Waals surface area contributed by atoms with Crippen molar-refractivity contribution in [2.75, 3.05) is 6.54 Å². The fourth-order valence-corrected chi connectivity index (χ4v) is 2.70. The van der Waals surface area contributed by atoms with Gasteiger partial charge in [0.1, 0.15) is 0 Å². The van der Waals surface area contributed by atoms with Crippen molar-refractivity contribution in [3.63, 3.8) is 0 Å². The standard InChI is InChI=1S/C13H15N3O3S/c1-11(17)12-3-5-13(6-4-12)20(18,19)15-8-10-16-9-2-7-14-16/h2-7,9,15H,8,10H2,1H3. The summed E-state index contributed by atoms with van der Waals surface area (Å²) in [6.45, 7) is 2.14. The number of sulfonamides is 1. The van der Waals surface area contributed by atoms with Crippen LogP contribution in [0, 0.1) is 0 Å². The van der Waals surface area contributed by atoms with Crippen molar-refractivity contribution >= 4 is 15.8 Å². The highest BCUT2D eigenvalue weighted by molar-refractivity contribution is 7.89. The quantitative estimate of drug-likeness (QED) is 0.808. The molecule has 0 bridgehead atoms. The van der Waals surface area contributed by atoms with Crippen LogP contribution in [0.2, 0.25) is 0 Å². The van der Waals surface area contributed by atoms with E-state index in [0.717, 1.165) is 0 Å². The Morgan fingerprint density at radius 1 is 1.30 bits per heavy atom. The lowest BCUT2D eigenvalue weighted by Gasteiger charge is -2.07. The minimum Gasteiger partial charge on any atom is -0.295 e. The summed E-state index contributed by atoms with van der Waals surface area (Å²) in [5.74, 6) is -0.0967. The van der Waals surface area contributed by atoms with E-state index in [0.29, 0.717) is 12.1 Å². The van der Waals surface area contributed by atoms with Crippen molar-refractivity contribution in [2.45, 2.75) is 18.4 Å². The molecule has 0 radical (unpaired) electrons. The Labute approximate surface area is 117 Å². The van der Waals surface area contributed by atoms with E-state index >= 15 is 0 Å². The van der Waals surface area contributed by atoms with Crippen LogP contribution in [0.1, 0.15) is 17.3 Å². The largest absolute Gasteiger partial charge is 0.295 e. The first-order valence-corrected chi connectivity index (χ1v) is 7.55. The number of benzene rings is 1. The Hall–Kier alpha value is -1.99. The van der Waals surface area contributed by atoms with Crippen LogP contribution in [0.15, 0.2) is 47.6 Å². The van der Waals surface area contributed by atoms with Gasteiger partial charge in [0.25, 0.3) is 0 Å². The van der Waals surface area contributed by atoms with Crippen molar-refractivity contribution in [1.29, 1.82) is 0 Å². The smallest absolute Gasteiger partial charge is 0.240 e. The van der Waals surface area contributed by atoms with Gasteiger partial charge in [-0.15, -0.1) is 0 Å². The average Bonchev–Trinajstić information content (AvgIpc) is 2.92. The highest BCUT2D eigenvalue weighted by Gasteiger charge is 2.13. The average molecular weight is 293 g/mol. The predicted octanol–water partition coefficient (Wildman–Crippen LogP) is 1.06. The molecule has 1 aromatic carbocycles. The van der Waals surface area contributed by atoms with E-state index in [4.69, 9.17) is 0 Å². The zero-order valence-corrected chi connectivity index (χ0v) is 11.8. The van der Waals surface area contributed by atoms with Crippen LogP contribution in [0.5, 0.6) is 0 Å². The molecule has 0 saturated carbocycles. The Bertz CT molecular complexity index is 676. The monoisotopic (exact) mass is 293 g/mol. The Morgan fingerprint density at radius 3 is 2.55 bits per heavy atom. The van der Waals surface area contributed by atoms with Crippen molar-refractivity contribution in [1.82, 2.24) is 14.5 Å². The number of hydrogen-bond donors (Lipinski definition) is 1. The lowest BCUT2D eigenvalue weighted by Crippen LogP contribution is -2.27. The second-order valence-electron chi connectivity index (χ2n) is 4.25. The van der Waals surface area contributed by atoms with Gasteiger partial charge in [-0.3, -0.25) is 9.48 Å². The van der Waals surface area contributed by atoms with E-state index in [-0.39, 0.29) is 17.2 Å². The maximum absolute atomic E-state index is 12.0. The predicted molar refractivity (Wildman–Crippen MR) is 73.9 cm³/mol. The van der Waals surface area contributed by atoms with E-state index < -0.39 is 10.0 Å². The van der Waals surface area contributed by atoms with Crippen molar-refractivity contribution in [3.05, 3.63) is 48.3 Å². The van der Waals surface area contributed by atoms with Gasteiger partial charge in [0.2, 0.25) is 10.0 Å². The molecule has 1 N–H and O–H groups in total. The van der Waals surface area contributed by atoms with E-state index in [1.807, 2.05) is 0 Å². The van der Waals surface area contributed by atoms with Crippen LogP contribution in [-0.4, -0.2) is 30.5 Å². The molecule has 1 aromatic heterocycles. The van der Waals surface area contributed by atoms with Gasteiger partial charge in [-0.05, 0) is 25.1 Å². The number of Topliss-reactive ketones (excluding diaryl/α,β-unsaturated/α-hetero) is 1. The van der Waals surface area contributed by atoms with E-state index in [1.54, 1.807) is 23.1 Å². The second-order valence-corrected chi connectivity index (χ2v) is 6.01. The lowest BCUT2D eigenvalue weighted by molar-refractivity contribution is 0.101. The van der Waals surface area contributed by atoms with Gasteiger partial charge in [-0.1, -0.05) is 12.1 Å². The number of aromatic nitrogens is 2. The molecule has 0 aliphatic carbocycles. The first kappa shape index (κ1) is 14.4. The summed E-state index contributed by atoms with van der Waals surface area (Å²) >= 11 is 0. The molecule has 0 saturated heterocycles. The van der Waals surface area contributed by atoms with Gasteiger partial charge in [-0.2, -0.15) is 5.10 Å².